The Hall–Kier alpha value is -8.01. The molecule has 0 aromatic heterocycles. The Morgan fingerprint density at radius 3 is 1.47 bits per heavy atom. The van der Waals surface area contributed by atoms with Crippen LogP contribution in [0, 0.1) is 0 Å². The molecule has 0 saturated carbocycles. The van der Waals surface area contributed by atoms with Crippen LogP contribution in [0.5, 0.6) is 11.5 Å². The molecule has 1 spiro atoms. The molecular formula is C59H40N2O. The van der Waals surface area contributed by atoms with E-state index in [4.69, 9.17) is 9.73 Å². The zero-order valence-corrected chi connectivity index (χ0v) is 33.9. The van der Waals surface area contributed by atoms with Crippen LogP contribution in [0.1, 0.15) is 45.1 Å². The predicted molar refractivity (Wildman–Crippen MR) is 253 cm³/mol. The Morgan fingerprint density at radius 2 is 0.839 bits per heavy atom. The molecule has 1 N–H and O–H groups in total. The maximum absolute atomic E-state index is 6.98. The van der Waals surface area contributed by atoms with Crippen LogP contribution in [-0.4, -0.2) is 5.71 Å². The highest BCUT2D eigenvalue weighted by Gasteiger charge is 2.51. The Bertz CT molecular complexity index is 3160. The van der Waals surface area contributed by atoms with Crippen molar-refractivity contribution < 1.29 is 4.74 Å². The van der Waals surface area contributed by atoms with Crippen LogP contribution < -0.4 is 10.1 Å². The molecule has 2 heterocycles. The smallest absolute Gasteiger partial charge is 0.145 e. The van der Waals surface area contributed by atoms with Gasteiger partial charge in [-0.15, -0.1) is 0 Å². The van der Waals surface area contributed by atoms with Gasteiger partial charge in [-0.25, -0.2) is 0 Å². The minimum absolute atomic E-state index is 0.302. The van der Waals surface area contributed by atoms with Crippen LogP contribution in [0.3, 0.4) is 0 Å². The van der Waals surface area contributed by atoms with Gasteiger partial charge in [0.1, 0.15) is 17.7 Å². The fraction of sp³-hybridized carbons (Fsp3) is 0.0339. The van der Waals surface area contributed by atoms with E-state index < -0.39 is 5.41 Å². The van der Waals surface area contributed by atoms with Crippen LogP contribution >= 0.6 is 0 Å². The summed E-state index contributed by atoms with van der Waals surface area (Å²) in [5.74, 6) is 1.78. The Kier molecular flexibility index (Phi) is 8.46. The van der Waals surface area contributed by atoms with Gasteiger partial charge in [-0.2, -0.15) is 0 Å². The molecule has 12 rings (SSSR count). The lowest BCUT2D eigenvalue weighted by molar-refractivity contribution is 0.438. The van der Waals surface area contributed by atoms with Gasteiger partial charge in [0.25, 0.3) is 0 Å². The van der Waals surface area contributed by atoms with Crippen molar-refractivity contribution in [1.29, 1.82) is 0 Å². The molecule has 1 aliphatic carbocycles. The molecule has 0 radical (unpaired) electrons. The first-order chi connectivity index (χ1) is 30.7. The predicted octanol–water partition coefficient (Wildman–Crippen LogP) is 14.3. The standard InChI is InChI=1S/C59H40N2O/c1-3-14-39(15-4-1)41-26-32-44(33-27-41)54-38-55(45-34-28-42(29-35-45)40-16-5-2-6-17-40)61-58(60-54)46-36-30-43(31-37-46)47-20-13-24-53-57(47)62-56-25-12-11-23-52(56)59(53)50-21-9-7-18-48(50)49-19-8-10-22-51(49)59/h1-38,58,60H. The van der Waals surface area contributed by atoms with Crippen molar-refractivity contribution >= 4 is 11.4 Å². The highest BCUT2D eigenvalue weighted by Crippen LogP contribution is 2.63. The molecule has 3 aliphatic rings. The summed E-state index contributed by atoms with van der Waals surface area (Å²) in [7, 11) is 0. The monoisotopic (exact) mass is 792 g/mol. The van der Waals surface area contributed by atoms with Crippen molar-refractivity contribution in [3.05, 3.63) is 269 Å². The summed E-state index contributed by atoms with van der Waals surface area (Å²) >= 11 is 0. The van der Waals surface area contributed by atoms with Gasteiger partial charge < -0.3 is 10.1 Å². The summed E-state index contributed by atoms with van der Waals surface area (Å²) in [6.45, 7) is 0. The first-order valence-electron chi connectivity index (χ1n) is 21.3. The van der Waals surface area contributed by atoms with Crippen molar-refractivity contribution in [3.63, 3.8) is 0 Å². The van der Waals surface area contributed by atoms with Crippen molar-refractivity contribution in [2.45, 2.75) is 11.6 Å². The lowest BCUT2D eigenvalue weighted by Crippen LogP contribution is -2.32. The van der Waals surface area contributed by atoms with E-state index in [0.29, 0.717) is 0 Å². The number of nitrogens with one attached hydrogen (secondary N) is 1. The fourth-order valence-corrected chi connectivity index (χ4v) is 9.90. The average molecular weight is 793 g/mol. The van der Waals surface area contributed by atoms with Crippen LogP contribution in [0.4, 0.5) is 0 Å². The molecule has 0 saturated heterocycles. The summed E-state index contributed by atoms with van der Waals surface area (Å²) in [6, 6.07) is 80.4. The third kappa shape index (κ3) is 5.78. The van der Waals surface area contributed by atoms with E-state index in [1.165, 1.54) is 50.1 Å². The highest BCUT2D eigenvalue weighted by molar-refractivity contribution is 6.13. The fourth-order valence-electron chi connectivity index (χ4n) is 9.90. The number of para-hydroxylation sites is 2. The zero-order chi connectivity index (χ0) is 41.0. The summed E-state index contributed by atoms with van der Waals surface area (Å²) in [4.78, 5) is 5.36. The zero-order valence-electron chi connectivity index (χ0n) is 33.9. The lowest BCUT2D eigenvalue weighted by Gasteiger charge is -2.40. The van der Waals surface area contributed by atoms with Crippen molar-refractivity contribution in [1.82, 2.24) is 5.32 Å². The highest BCUT2D eigenvalue weighted by atomic mass is 16.5. The third-order valence-electron chi connectivity index (χ3n) is 12.8. The second-order valence-corrected chi connectivity index (χ2v) is 16.2. The van der Waals surface area contributed by atoms with Gasteiger partial charge in [0, 0.05) is 22.4 Å². The van der Waals surface area contributed by atoms with E-state index in [9.17, 15) is 0 Å². The first-order valence-corrected chi connectivity index (χ1v) is 21.3. The number of hydrogen-bond donors (Lipinski definition) is 1. The summed E-state index contributed by atoms with van der Waals surface area (Å²) in [6.07, 6.45) is 1.88. The number of allylic oxidation sites excluding steroid dienone is 1. The van der Waals surface area contributed by atoms with Crippen molar-refractivity contribution in [2.24, 2.45) is 4.99 Å². The normalized spacial score (nSPS) is 15.2. The number of ether oxygens (including phenoxy) is 1. The average Bonchev–Trinajstić information content (AvgIpc) is 3.65. The van der Waals surface area contributed by atoms with E-state index in [0.717, 1.165) is 56.3 Å². The Labute approximate surface area is 362 Å². The number of aliphatic imine (C=N–C) groups is 1. The first kappa shape index (κ1) is 35.9. The molecule has 62 heavy (non-hydrogen) atoms. The molecule has 3 heteroatoms. The van der Waals surface area contributed by atoms with Gasteiger partial charge in [0.15, 0.2) is 0 Å². The van der Waals surface area contributed by atoms with Crippen LogP contribution in [0.15, 0.2) is 236 Å². The minimum atomic E-state index is -0.508. The Balaban J connectivity index is 0.931. The number of benzene rings is 9. The molecule has 1 unspecified atom stereocenters. The van der Waals surface area contributed by atoms with Gasteiger partial charge in [0.2, 0.25) is 0 Å². The van der Waals surface area contributed by atoms with Gasteiger partial charge in [-0.3, -0.25) is 4.99 Å². The van der Waals surface area contributed by atoms with E-state index in [1.54, 1.807) is 0 Å². The Morgan fingerprint density at radius 1 is 0.371 bits per heavy atom. The number of fused-ring (bicyclic) bond motifs is 9. The maximum Gasteiger partial charge on any atom is 0.145 e. The van der Waals surface area contributed by atoms with Crippen molar-refractivity contribution in [2.75, 3.05) is 0 Å². The molecule has 292 valence electrons. The van der Waals surface area contributed by atoms with E-state index in [-0.39, 0.29) is 6.17 Å². The van der Waals surface area contributed by atoms with Gasteiger partial charge >= 0.3 is 0 Å². The molecular weight excluding hydrogens is 753 g/mol. The molecule has 9 aromatic rings. The second kappa shape index (κ2) is 14.6. The SMILES string of the molecule is C1=C(c2ccc(-c3ccccc3)cc2)NC(c2ccc(-c3cccc4c3Oc3ccccc3C43c4ccccc4-c4ccccc43)cc2)N=C1c1ccc(-c2ccccc2)cc1. The molecule has 1 atom stereocenters. The largest absolute Gasteiger partial charge is 0.456 e. The lowest BCUT2D eigenvalue weighted by atomic mass is 9.65. The van der Waals surface area contributed by atoms with Gasteiger partial charge in [-0.05, 0) is 78.9 Å². The topological polar surface area (TPSA) is 33.6 Å². The molecule has 0 fully saturated rings. The van der Waals surface area contributed by atoms with Crippen LogP contribution in [-0.2, 0) is 5.41 Å². The summed E-state index contributed by atoms with van der Waals surface area (Å²) in [5.41, 5.74) is 19.1. The summed E-state index contributed by atoms with van der Waals surface area (Å²) < 4.78 is 6.98. The summed E-state index contributed by atoms with van der Waals surface area (Å²) in [5, 5.41) is 3.80. The van der Waals surface area contributed by atoms with E-state index >= 15 is 0 Å². The molecule has 3 nitrogen and oxygen atoms in total. The number of hydrogen-bond acceptors (Lipinski definition) is 3. The van der Waals surface area contributed by atoms with E-state index in [1.807, 2.05) is 0 Å². The van der Waals surface area contributed by atoms with Crippen molar-refractivity contribution in [3.8, 4) is 56.0 Å². The molecule has 0 amide bonds. The number of rotatable bonds is 6. The van der Waals surface area contributed by atoms with Gasteiger partial charge in [-0.1, -0.05) is 218 Å². The third-order valence-corrected chi connectivity index (χ3v) is 12.8. The molecule has 9 aromatic carbocycles. The second-order valence-electron chi connectivity index (χ2n) is 16.2. The van der Waals surface area contributed by atoms with Crippen LogP contribution in [0.2, 0.25) is 0 Å². The van der Waals surface area contributed by atoms with Gasteiger partial charge in [0.05, 0.1) is 11.1 Å². The number of nitrogens with zero attached hydrogens (tertiary/aromatic N) is 1. The molecule has 2 aliphatic heterocycles. The maximum atomic E-state index is 6.98. The quantitative estimate of drug-likeness (QED) is 0.182. The van der Waals surface area contributed by atoms with E-state index in [2.05, 4.69) is 236 Å². The molecule has 0 bridgehead atoms. The minimum Gasteiger partial charge on any atom is -0.456 e. The van der Waals surface area contributed by atoms with Crippen LogP contribution in [0.25, 0.3) is 50.2 Å².